The maximum absolute atomic E-state index is 6.44. The van der Waals surface area contributed by atoms with Crippen LogP contribution in [0.2, 0.25) is 0 Å². The van der Waals surface area contributed by atoms with Crippen molar-refractivity contribution in [1.82, 2.24) is 4.98 Å². The zero-order chi connectivity index (χ0) is 38.4. The minimum Gasteiger partial charge on any atom is -0.455 e. The Balaban J connectivity index is 1.05. The number of rotatable bonds is 7. The number of hydrogen-bond donors (Lipinski definition) is 0. The summed E-state index contributed by atoms with van der Waals surface area (Å²) in [6.07, 6.45) is 0. The lowest BCUT2D eigenvalue weighted by atomic mass is 9.93. The van der Waals surface area contributed by atoms with E-state index in [0.29, 0.717) is 0 Å². The van der Waals surface area contributed by atoms with Crippen LogP contribution in [0, 0.1) is 0 Å². The monoisotopic (exact) mass is 740 g/mol. The van der Waals surface area contributed by atoms with Crippen molar-refractivity contribution in [1.29, 1.82) is 0 Å². The number of para-hydroxylation sites is 3. The van der Waals surface area contributed by atoms with E-state index in [1.807, 2.05) is 12.1 Å². The van der Waals surface area contributed by atoms with Crippen molar-refractivity contribution in [3.8, 4) is 44.5 Å². The van der Waals surface area contributed by atoms with E-state index >= 15 is 0 Å². The Hall–Kier alpha value is -7.75. The molecule has 0 atom stereocenters. The molecule has 0 saturated carbocycles. The molecule has 0 amide bonds. The molecule has 3 heteroatoms. The van der Waals surface area contributed by atoms with Gasteiger partial charge in [-0.2, -0.15) is 0 Å². The zero-order valence-corrected chi connectivity index (χ0v) is 31.6. The van der Waals surface area contributed by atoms with Crippen molar-refractivity contribution in [2.45, 2.75) is 0 Å². The highest BCUT2D eigenvalue weighted by Gasteiger charge is 2.20. The van der Waals surface area contributed by atoms with Gasteiger partial charge in [-0.05, 0) is 98.9 Å². The first-order chi connectivity index (χ1) is 28.7. The van der Waals surface area contributed by atoms with Crippen molar-refractivity contribution >= 4 is 60.8 Å². The van der Waals surface area contributed by atoms with Crippen LogP contribution in [-0.2, 0) is 0 Å². The molecule has 0 N–H and O–H groups in total. The molecule has 2 heterocycles. The third-order valence-electron chi connectivity index (χ3n) is 11.2. The second-order valence-corrected chi connectivity index (χ2v) is 14.7. The fraction of sp³-hybridized carbons (Fsp3) is 0. The van der Waals surface area contributed by atoms with E-state index in [4.69, 9.17) is 9.40 Å². The van der Waals surface area contributed by atoms with Gasteiger partial charge in [0, 0.05) is 38.5 Å². The Bertz CT molecular complexity index is 3200. The van der Waals surface area contributed by atoms with Crippen LogP contribution in [0.1, 0.15) is 0 Å². The predicted octanol–water partition coefficient (Wildman–Crippen LogP) is 15.4. The lowest BCUT2D eigenvalue weighted by Crippen LogP contribution is -2.12. The van der Waals surface area contributed by atoms with Gasteiger partial charge in [0.15, 0.2) is 0 Å². The molecular weight excluding hydrogens is 705 g/mol. The molecule has 0 aliphatic rings. The number of fused-ring (bicyclic) bond motifs is 6. The maximum atomic E-state index is 6.44. The van der Waals surface area contributed by atoms with Crippen molar-refractivity contribution in [2.24, 2.45) is 0 Å². The number of anilines is 3. The van der Waals surface area contributed by atoms with Crippen LogP contribution in [-0.4, -0.2) is 4.98 Å². The number of pyridine rings is 1. The third kappa shape index (κ3) is 5.89. The Labute approximate surface area is 336 Å². The largest absolute Gasteiger partial charge is 0.455 e. The van der Waals surface area contributed by atoms with Crippen molar-refractivity contribution < 1.29 is 4.42 Å². The summed E-state index contributed by atoms with van der Waals surface area (Å²) in [7, 11) is 0. The third-order valence-corrected chi connectivity index (χ3v) is 11.2. The molecule has 0 unspecified atom stereocenters. The molecule has 0 fully saturated rings. The molecule has 9 aromatic carbocycles. The van der Waals surface area contributed by atoms with Gasteiger partial charge in [0.25, 0.3) is 0 Å². The van der Waals surface area contributed by atoms with Gasteiger partial charge < -0.3 is 4.42 Å². The van der Waals surface area contributed by atoms with Crippen molar-refractivity contribution in [2.75, 3.05) is 4.90 Å². The smallest absolute Gasteiger partial charge is 0.146 e. The molecule has 0 aliphatic carbocycles. The van der Waals surface area contributed by atoms with E-state index < -0.39 is 0 Å². The highest BCUT2D eigenvalue weighted by molar-refractivity contribution is 6.12. The normalized spacial score (nSPS) is 11.4. The van der Waals surface area contributed by atoms with E-state index in [1.165, 1.54) is 27.6 Å². The first kappa shape index (κ1) is 33.6. The number of hydrogen-bond acceptors (Lipinski definition) is 3. The van der Waals surface area contributed by atoms with Crippen LogP contribution in [0.5, 0.6) is 0 Å². The Morgan fingerprint density at radius 3 is 1.45 bits per heavy atom. The number of nitrogens with zero attached hydrogens (tertiary/aromatic N) is 2. The average molecular weight is 741 g/mol. The summed E-state index contributed by atoms with van der Waals surface area (Å²) in [5.41, 5.74) is 14.0. The van der Waals surface area contributed by atoms with Gasteiger partial charge in [-0.1, -0.05) is 164 Å². The summed E-state index contributed by atoms with van der Waals surface area (Å²) in [4.78, 5) is 7.68. The van der Waals surface area contributed by atoms with Crippen LogP contribution in [0.4, 0.5) is 17.2 Å². The zero-order valence-electron chi connectivity index (χ0n) is 31.6. The van der Waals surface area contributed by atoms with Crippen molar-refractivity contribution in [3.63, 3.8) is 0 Å². The van der Waals surface area contributed by atoms with Crippen LogP contribution >= 0.6 is 0 Å². The summed E-state index contributed by atoms with van der Waals surface area (Å²) in [5, 5.41) is 5.64. The quantitative estimate of drug-likeness (QED) is 0.152. The Kier molecular flexibility index (Phi) is 8.15. The predicted molar refractivity (Wildman–Crippen MR) is 243 cm³/mol. The van der Waals surface area contributed by atoms with Gasteiger partial charge in [-0.25, -0.2) is 4.98 Å². The molecule has 3 nitrogen and oxygen atoms in total. The van der Waals surface area contributed by atoms with Gasteiger partial charge in [0.05, 0.1) is 5.52 Å². The SMILES string of the molecule is c1ccc(-c2cc(-c3ccccc3)cc(-c3ccc(N(c4ccc(-c5cccc6c5oc5ccccc56)cc4)c4nc5ccccc5c5ccccc45)cc3)c2)cc1. The highest BCUT2D eigenvalue weighted by Crippen LogP contribution is 2.43. The van der Waals surface area contributed by atoms with Crippen LogP contribution in [0.25, 0.3) is 88.1 Å². The molecule has 11 aromatic rings. The summed E-state index contributed by atoms with van der Waals surface area (Å²) in [6.45, 7) is 0. The molecule has 0 aliphatic heterocycles. The summed E-state index contributed by atoms with van der Waals surface area (Å²) in [5.74, 6) is 0.881. The summed E-state index contributed by atoms with van der Waals surface area (Å²) in [6, 6.07) is 77.5. The average Bonchev–Trinajstić information content (AvgIpc) is 3.69. The van der Waals surface area contributed by atoms with Gasteiger partial charge in [-0.15, -0.1) is 0 Å². The van der Waals surface area contributed by atoms with Gasteiger partial charge in [0.2, 0.25) is 0 Å². The number of furan rings is 1. The lowest BCUT2D eigenvalue weighted by molar-refractivity contribution is 0.670. The number of aromatic nitrogens is 1. The molecule has 11 rings (SSSR count). The van der Waals surface area contributed by atoms with Gasteiger partial charge >= 0.3 is 0 Å². The first-order valence-electron chi connectivity index (χ1n) is 19.7. The van der Waals surface area contributed by atoms with E-state index in [0.717, 1.165) is 77.7 Å². The van der Waals surface area contributed by atoms with Crippen LogP contribution in [0.3, 0.4) is 0 Å². The van der Waals surface area contributed by atoms with Crippen LogP contribution < -0.4 is 4.90 Å². The molecule has 0 radical (unpaired) electrons. The minimum atomic E-state index is 0.881. The Morgan fingerprint density at radius 2 is 0.810 bits per heavy atom. The molecule has 272 valence electrons. The summed E-state index contributed by atoms with van der Waals surface area (Å²) < 4.78 is 6.44. The fourth-order valence-corrected chi connectivity index (χ4v) is 8.41. The molecule has 0 saturated heterocycles. The highest BCUT2D eigenvalue weighted by atomic mass is 16.3. The second kappa shape index (κ2) is 14.1. The molecule has 0 bridgehead atoms. The standard InChI is InChI=1S/C55H36N2O/c1-3-14-37(15-4-1)41-34-42(38-16-5-2-6-17-38)36-43(35-41)39-26-30-44(31-27-39)57(55-51-21-8-7-18-47(51)48-19-9-11-24-52(48)56-55)45-32-28-40(29-33-45)46-22-13-23-50-49-20-10-12-25-53(49)58-54(46)50/h1-36H. The van der Waals surface area contributed by atoms with Crippen molar-refractivity contribution in [3.05, 3.63) is 218 Å². The first-order valence-corrected chi connectivity index (χ1v) is 19.7. The molecular formula is C55H36N2O. The van der Waals surface area contributed by atoms with Gasteiger partial charge in [0.1, 0.15) is 17.0 Å². The molecule has 2 aromatic heterocycles. The fourth-order valence-electron chi connectivity index (χ4n) is 8.41. The summed E-state index contributed by atoms with van der Waals surface area (Å²) >= 11 is 0. The maximum Gasteiger partial charge on any atom is 0.146 e. The molecule has 58 heavy (non-hydrogen) atoms. The minimum absolute atomic E-state index is 0.881. The topological polar surface area (TPSA) is 29.3 Å². The van der Waals surface area contributed by atoms with E-state index in [-0.39, 0.29) is 0 Å². The number of benzene rings is 9. The molecule has 0 spiro atoms. The van der Waals surface area contributed by atoms with E-state index in [9.17, 15) is 0 Å². The van der Waals surface area contributed by atoms with Crippen LogP contribution in [0.15, 0.2) is 223 Å². The van der Waals surface area contributed by atoms with Gasteiger partial charge in [-0.3, -0.25) is 4.90 Å². The second-order valence-electron chi connectivity index (χ2n) is 14.7. The van der Waals surface area contributed by atoms with E-state index in [1.54, 1.807) is 0 Å². The Morgan fingerprint density at radius 1 is 0.328 bits per heavy atom. The lowest BCUT2D eigenvalue weighted by Gasteiger charge is -2.27. The van der Waals surface area contributed by atoms with E-state index in [2.05, 4.69) is 211 Å².